The quantitative estimate of drug-likeness (QED) is 0.606. The van der Waals surface area contributed by atoms with E-state index in [2.05, 4.69) is 10.8 Å². The topological polar surface area (TPSA) is 121 Å². The van der Waals surface area contributed by atoms with E-state index in [9.17, 15) is 32.3 Å². The molecule has 38 heavy (non-hydrogen) atoms. The number of ether oxygens (including phenoxy) is 1. The standard InChI is InChI=1S/C24H22F3N5O6/c1-13-14(3-2-4-18(13)24(25,26)27)11-32-20(33)17(19-28-21(34)38-29-19)12-31(22(32)35)16-7-5-15(6-8-16)30-9-10-37-23(30)36/h2-8,17,19,29H,9-12H2,1H3,(H,28,34). The van der Waals surface area contributed by atoms with Gasteiger partial charge in [-0.15, -0.1) is 5.48 Å². The number of carbonyl (C=O) groups is 4. The molecule has 0 radical (unpaired) electrons. The average molecular weight is 533 g/mol. The number of hydrogen-bond donors (Lipinski definition) is 2. The lowest BCUT2D eigenvalue weighted by molar-refractivity contribution is -0.138. The number of carbonyl (C=O) groups excluding carboxylic acids is 4. The van der Waals surface area contributed by atoms with Gasteiger partial charge in [-0.25, -0.2) is 14.4 Å². The Hall–Kier alpha value is -4.33. The highest BCUT2D eigenvalue weighted by Gasteiger charge is 2.46. The fourth-order valence-corrected chi connectivity index (χ4v) is 4.66. The van der Waals surface area contributed by atoms with E-state index in [1.54, 1.807) is 24.3 Å². The summed E-state index contributed by atoms with van der Waals surface area (Å²) in [6.45, 7) is 1.33. The number of amides is 5. The van der Waals surface area contributed by atoms with Crippen LogP contribution >= 0.6 is 0 Å². The van der Waals surface area contributed by atoms with Crippen LogP contribution in [0.2, 0.25) is 0 Å². The first kappa shape index (κ1) is 25.3. The Morgan fingerprint density at radius 2 is 1.68 bits per heavy atom. The summed E-state index contributed by atoms with van der Waals surface area (Å²) in [5.74, 6) is -1.71. The van der Waals surface area contributed by atoms with Gasteiger partial charge in [-0.1, -0.05) is 12.1 Å². The summed E-state index contributed by atoms with van der Waals surface area (Å²) in [5.41, 5.74) is 2.51. The van der Waals surface area contributed by atoms with Crippen LogP contribution < -0.4 is 20.6 Å². The minimum absolute atomic E-state index is 0.105. The molecule has 2 aromatic carbocycles. The summed E-state index contributed by atoms with van der Waals surface area (Å²) in [7, 11) is 0. The Labute approximate surface area is 214 Å². The molecule has 3 fully saturated rings. The van der Waals surface area contributed by atoms with Crippen molar-refractivity contribution < 1.29 is 41.9 Å². The van der Waals surface area contributed by atoms with Gasteiger partial charge in [-0.05, 0) is 48.4 Å². The predicted octanol–water partition coefficient (Wildman–Crippen LogP) is 3.13. The fourth-order valence-electron chi connectivity index (χ4n) is 4.66. The second kappa shape index (κ2) is 9.52. The van der Waals surface area contributed by atoms with E-state index in [0.29, 0.717) is 17.9 Å². The first-order chi connectivity index (χ1) is 18.0. The Morgan fingerprint density at radius 1 is 1.00 bits per heavy atom. The average Bonchev–Trinajstić information content (AvgIpc) is 3.50. The van der Waals surface area contributed by atoms with Crippen molar-refractivity contribution >= 4 is 35.5 Å². The van der Waals surface area contributed by atoms with Gasteiger partial charge in [0.15, 0.2) is 0 Å². The summed E-state index contributed by atoms with van der Waals surface area (Å²) in [4.78, 5) is 58.7. The molecule has 3 aliphatic heterocycles. The largest absolute Gasteiger partial charge is 0.447 e. The highest BCUT2D eigenvalue weighted by Crippen LogP contribution is 2.34. The number of halogens is 3. The van der Waals surface area contributed by atoms with Gasteiger partial charge in [0.25, 0.3) is 0 Å². The molecule has 2 N–H and O–H groups in total. The van der Waals surface area contributed by atoms with Crippen LogP contribution in [0.5, 0.6) is 0 Å². The SMILES string of the molecule is Cc1c(CN2C(=O)C(C3NOC(=O)N3)CN(c3ccc(N4CCOC4=O)cc3)C2=O)cccc1C(F)(F)F. The molecule has 11 nitrogen and oxygen atoms in total. The van der Waals surface area contributed by atoms with Gasteiger partial charge in [0.1, 0.15) is 12.8 Å². The van der Waals surface area contributed by atoms with Gasteiger partial charge in [0.05, 0.1) is 24.6 Å². The Balaban J connectivity index is 1.47. The van der Waals surface area contributed by atoms with Crippen LogP contribution in [-0.4, -0.2) is 54.9 Å². The zero-order valence-electron chi connectivity index (χ0n) is 19.9. The Bertz CT molecular complexity index is 1300. The molecule has 0 saturated carbocycles. The fraction of sp³-hybridized carbons (Fsp3) is 0.333. The van der Waals surface area contributed by atoms with Crippen LogP contribution in [-0.2, 0) is 27.1 Å². The number of urea groups is 1. The number of cyclic esters (lactones) is 1. The zero-order chi connectivity index (χ0) is 27.2. The molecule has 200 valence electrons. The Kier molecular flexibility index (Phi) is 6.34. The van der Waals surface area contributed by atoms with Crippen molar-refractivity contribution in [2.45, 2.75) is 25.8 Å². The van der Waals surface area contributed by atoms with Crippen LogP contribution in [0.1, 0.15) is 16.7 Å². The van der Waals surface area contributed by atoms with Crippen molar-refractivity contribution in [1.82, 2.24) is 15.7 Å². The van der Waals surface area contributed by atoms with Crippen LogP contribution in [0.25, 0.3) is 0 Å². The van der Waals surface area contributed by atoms with Crippen molar-refractivity contribution in [3.8, 4) is 0 Å². The van der Waals surface area contributed by atoms with E-state index >= 15 is 0 Å². The summed E-state index contributed by atoms with van der Waals surface area (Å²) in [6.07, 6.45) is -6.89. The van der Waals surface area contributed by atoms with Crippen molar-refractivity contribution in [2.24, 2.45) is 5.92 Å². The van der Waals surface area contributed by atoms with Crippen LogP contribution in [0, 0.1) is 12.8 Å². The molecule has 0 aromatic heterocycles. The first-order valence-electron chi connectivity index (χ1n) is 11.6. The van der Waals surface area contributed by atoms with Gasteiger partial charge in [-0.2, -0.15) is 13.2 Å². The van der Waals surface area contributed by atoms with Crippen LogP contribution in [0.3, 0.4) is 0 Å². The molecular formula is C24H22F3N5O6. The third-order valence-electron chi connectivity index (χ3n) is 6.69. The normalized spacial score (nSPS) is 22.1. The van der Waals surface area contributed by atoms with Gasteiger partial charge in [0.2, 0.25) is 5.91 Å². The Morgan fingerprint density at radius 3 is 2.26 bits per heavy atom. The number of alkyl halides is 3. The summed E-state index contributed by atoms with van der Waals surface area (Å²) < 4.78 is 45.3. The first-order valence-corrected chi connectivity index (χ1v) is 11.6. The van der Waals surface area contributed by atoms with Gasteiger partial charge >= 0.3 is 24.4 Å². The lowest BCUT2D eigenvalue weighted by Crippen LogP contribution is -2.62. The number of benzene rings is 2. The zero-order valence-corrected chi connectivity index (χ0v) is 19.9. The lowest BCUT2D eigenvalue weighted by Gasteiger charge is -2.40. The molecule has 2 aromatic rings. The van der Waals surface area contributed by atoms with E-state index in [4.69, 9.17) is 9.57 Å². The molecule has 14 heteroatoms. The number of imide groups is 1. The molecular weight excluding hydrogens is 511 g/mol. The van der Waals surface area contributed by atoms with Gasteiger partial charge < -0.3 is 14.9 Å². The van der Waals surface area contributed by atoms with Crippen molar-refractivity contribution in [3.63, 3.8) is 0 Å². The van der Waals surface area contributed by atoms with Crippen molar-refractivity contribution in [1.29, 1.82) is 0 Å². The number of nitrogens with zero attached hydrogens (tertiary/aromatic N) is 3. The minimum atomic E-state index is -4.61. The van der Waals surface area contributed by atoms with E-state index in [1.165, 1.54) is 28.9 Å². The maximum absolute atomic E-state index is 13.5. The highest BCUT2D eigenvalue weighted by atomic mass is 19.4. The van der Waals surface area contributed by atoms with E-state index in [-0.39, 0.29) is 24.3 Å². The number of hydrogen-bond acceptors (Lipinski definition) is 7. The van der Waals surface area contributed by atoms with E-state index < -0.39 is 54.5 Å². The molecule has 3 aliphatic rings. The highest BCUT2D eigenvalue weighted by molar-refractivity contribution is 6.07. The molecule has 0 bridgehead atoms. The second-order valence-corrected chi connectivity index (χ2v) is 8.92. The molecule has 3 heterocycles. The monoisotopic (exact) mass is 533 g/mol. The molecule has 5 rings (SSSR count). The van der Waals surface area contributed by atoms with Crippen LogP contribution in [0.15, 0.2) is 42.5 Å². The van der Waals surface area contributed by atoms with E-state index in [1.807, 2.05) is 0 Å². The van der Waals surface area contributed by atoms with Gasteiger partial charge in [-0.3, -0.25) is 19.5 Å². The van der Waals surface area contributed by atoms with Crippen LogP contribution in [0.4, 0.5) is 38.9 Å². The molecule has 5 amide bonds. The third-order valence-corrected chi connectivity index (χ3v) is 6.69. The van der Waals surface area contributed by atoms with Gasteiger partial charge in [0, 0.05) is 17.9 Å². The minimum Gasteiger partial charge on any atom is -0.447 e. The summed E-state index contributed by atoms with van der Waals surface area (Å²) in [6, 6.07) is 9.20. The molecule has 3 saturated heterocycles. The van der Waals surface area contributed by atoms with E-state index in [0.717, 1.165) is 11.0 Å². The molecule has 0 aliphatic carbocycles. The smallest absolute Gasteiger partial charge is 0.427 e. The predicted molar refractivity (Wildman–Crippen MR) is 125 cm³/mol. The number of anilines is 2. The van der Waals surface area contributed by atoms with Crippen molar-refractivity contribution in [3.05, 3.63) is 59.2 Å². The second-order valence-electron chi connectivity index (χ2n) is 8.92. The summed E-state index contributed by atoms with van der Waals surface area (Å²) >= 11 is 0. The lowest BCUT2D eigenvalue weighted by atomic mass is 9.98. The maximum atomic E-state index is 13.5. The third kappa shape index (κ3) is 4.58. The number of hydroxylamine groups is 1. The molecule has 2 unspecified atom stereocenters. The maximum Gasteiger partial charge on any atom is 0.427 e. The molecule has 2 atom stereocenters. The number of rotatable bonds is 5. The molecule has 0 spiro atoms. The number of nitrogens with one attached hydrogen (secondary N) is 2. The van der Waals surface area contributed by atoms with Crippen molar-refractivity contribution in [2.75, 3.05) is 29.5 Å². The summed E-state index contributed by atoms with van der Waals surface area (Å²) in [5, 5.41) is 2.45.